The van der Waals surface area contributed by atoms with E-state index in [1.807, 2.05) is 12.1 Å². The van der Waals surface area contributed by atoms with E-state index in [4.69, 9.17) is 9.47 Å². The van der Waals surface area contributed by atoms with Crippen LogP contribution in [0, 0.1) is 0 Å². The van der Waals surface area contributed by atoms with Crippen molar-refractivity contribution < 1.29 is 9.47 Å². The molecule has 1 N–H and O–H groups in total. The minimum atomic E-state index is 0.181. The topological polar surface area (TPSA) is 33.7 Å². The lowest BCUT2D eigenvalue weighted by Crippen LogP contribution is -2.42. The predicted molar refractivity (Wildman–Crippen MR) is 76.6 cm³/mol. The summed E-state index contributed by atoms with van der Waals surface area (Å²) in [6, 6.07) is 8.26. The van der Waals surface area contributed by atoms with E-state index < -0.39 is 0 Å². The normalized spacial score (nSPS) is 20.4. The number of hydrogen-bond acceptors (Lipinski definition) is 4. The van der Waals surface area contributed by atoms with E-state index in [0.29, 0.717) is 6.61 Å². The molecule has 1 fully saturated rings. The molecule has 1 atom stereocenters. The maximum absolute atomic E-state index is 5.78. The molecule has 4 heteroatoms. The second-order valence-corrected chi connectivity index (χ2v) is 4.99. The fraction of sp³-hybridized carbons (Fsp3) is 0.600. The average Bonchev–Trinajstić information content (AvgIpc) is 2.44. The van der Waals surface area contributed by atoms with E-state index in [9.17, 15) is 0 Å². The summed E-state index contributed by atoms with van der Waals surface area (Å²) in [5.41, 5.74) is 1.28. The van der Waals surface area contributed by atoms with Gasteiger partial charge in [0.15, 0.2) is 0 Å². The van der Waals surface area contributed by atoms with Crippen LogP contribution >= 0.6 is 0 Å². The molecule has 0 bridgehead atoms. The highest BCUT2D eigenvalue weighted by Crippen LogP contribution is 2.13. The molecule has 1 aromatic rings. The van der Waals surface area contributed by atoms with Gasteiger partial charge in [-0.3, -0.25) is 0 Å². The highest BCUT2D eigenvalue weighted by molar-refractivity contribution is 5.27. The van der Waals surface area contributed by atoms with Crippen molar-refractivity contribution in [3.63, 3.8) is 0 Å². The van der Waals surface area contributed by atoms with Crippen molar-refractivity contribution in [1.82, 2.24) is 10.2 Å². The summed E-state index contributed by atoms with van der Waals surface area (Å²) in [5.74, 6) is 0.914. The molecule has 0 radical (unpaired) electrons. The number of morpholine rings is 1. The third kappa shape index (κ3) is 4.82. The molecule has 19 heavy (non-hydrogen) atoms. The zero-order chi connectivity index (χ0) is 13.5. The molecule has 1 heterocycles. The summed E-state index contributed by atoms with van der Waals surface area (Å²) in [5, 5.41) is 3.31. The van der Waals surface area contributed by atoms with Crippen LogP contribution in [0.1, 0.15) is 12.5 Å². The third-order valence-corrected chi connectivity index (χ3v) is 3.28. The monoisotopic (exact) mass is 264 g/mol. The van der Waals surface area contributed by atoms with Gasteiger partial charge in [-0.25, -0.2) is 0 Å². The summed E-state index contributed by atoms with van der Waals surface area (Å²) < 4.78 is 11.5. The lowest BCUT2D eigenvalue weighted by molar-refractivity contribution is -0.0403. The van der Waals surface area contributed by atoms with Gasteiger partial charge >= 0.3 is 0 Å². The Bertz CT molecular complexity index is 367. The largest absolute Gasteiger partial charge is 0.491 e. The molecule has 1 saturated heterocycles. The molecule has 0 aromatic heterocycles. The van der Waals surface area contributed by atoms with Crippen molar-refractivity contribution in [2.24, 2.45) is 0 Å². The van der Waals surface area contributed by atoms with Gasteiger partial charge in [0.05, 0.1) is 6.61 Å². The van der Waals surface area contributed by atoms with Crippen molar-refractivity contribution >= 4 is 0 Å². The van der Waals surface area contributed by atoms with E-state index in [-0.39, 0.29) is 6.10 Å². The van der Waals surface area contributed by atoms with Gasteiger partial charge in [-0.1, -0.05) is 19.1 Å². The number of hydrogen-bond donors (Lipinski definition) is 1. The fourth-order valence-corrected chi connectivity index (χ4v) is 2.13. The minimum Gasteiger partial charge on any atom is -0.491 e. The number of nitrogens with zero attached hydrogens (tertiary/aromatic N) is 1. The number of rotatable bonds is 6. The van der Waals surface area contributed by atoms with Gasteiger partial charge in [0.25, 0.3) is 0 Å². The number of likely N-dealkylation sites (N-methyl/N-ethyl adjacent to an activating group) is 1. The number of nitrogens with one attached hydrogen (secondary N) is 1. The zero-order valence-corrected chi connectivity index (χ0v) is 11.9. The van der Waals surface area contributed by atoms with E-state index >= 15 is 0 Å². The van der Waals surface area contributed by atoms with E-state index in [2.05, 4.69) is 36.3 Å². The first-order valence-electron chi connectivity index (χ1n) is 7.00. The molecule has 0 spiro atoms. The van der Waals surface area contributed by atoms with Crippen molar-refractivity contribution in [2.75, 3.05) is 39.9 Å². The van der Waals surface area contributed by atoms with Crippen LogP contribution in [0.4, 0.5) is 0 Å². The summed E-state index contributed by atoms with van der Waals surface area (Å²) in [7, 11) is 2.12. The standard InChI is InChI=1S/C15H24N2O2/c1-3-16-10-13-4-6-14(7-5-13)19-12-15-11-17(2)8-9-18-15/h4-7,15-16H,3,8-12H2,1-2H3. The molecular weight excluding hydrogens is 240 g/mol. The third-order valence-electron chi connectivity index (χ3n) is 3.28. The molecule has 0 amide bonds. The Hall–Kier alpha value is -1.10. The molecule has 1 aromatic carbocycles. The summed E-state index contributed by atoms with van der Waals surface area (Å²) >= 11 is 0. The van der Waals surface area contributed by atoms with Crippen molar-refractivity contribution in [1.29, 1.82) is 0 Å². The van der Waals surface area contributed by atoms with Gasteiger partial charge in [-0.15, -0.1) is 0 Å². The van der Waals surface area contributed by atoms with Crippen LogP contribution in [0.5, 0.6) is 5.75 Å². The average molecular weight is 264 g/mol. The fourth-order valence-electron chi connectivity index (χ4n) is 2.13. The second kappa shape index (κ2) is 7.48. The molecule has 0 aliphatic carbocycles. The van der Waals surface area contributed by atoms with E-state index in [1.165, 1.54) is 5.56 Å². The van der Waals surface area contributed by atoms with Crippen LogP contribution in [-0.2, 0) is 11.3 Å². The van der Waals surface area contributed by atoms with Crippen LogP contribution in [0.25, 0.3) is 0 Å². The van der Waals surface area contributed by atoms with Crippen LogP contribution in [-0.4, -0.2) is 50.9 Å². The van der Waals surface area contributed by atoms with Crippen LogP contribution in [0.15, 0.2) is 24.3 Å². The Balaban J connectivity index is 1.76. The quantitative estimate of drug-likeness (QED) is 0.844. The maximum atomic E-state index is 5.78. The lowest BCUT2D eigenvalue weighted by atomic mass is 10.2. The van der Waals surface area contributed by atoms with Gasteiger partial charge in [-0.2, -0.15) is 0 Å². The van der Waals surface area contributed by atoms with Crippen LogP contribution < -0.4 is 10.1 Å². The maximum Gasteiger partial charge on any atom is 0.119 e. The molecule has 1 aliphatic rings. The second-order valence-electron chi connectivity index (χ2n) is 4.99. The summed E-state index contributed by atoms with van der Waals surface area (Å²) in [6.07, 6.45) is 0.181. The highest BCUT2D eigenvalue weighted by atomic mass is 16.5. The van der Waals surface area contributed by atoms with Crippen LogP contribution in [0.3, 0.4) is 0 Å². The Kier molecular flexibility index (Phi) is 5.63. The highest BCUT2D eigenvalue weighted by Gasteiger charge is 2.18. The molecule has 2 rings (SSSR count). The Morgan fingerprint density at radius 3 is 2.84 bits per heavy atom. The van der Waals surface area contributed by atoms with Gasteiger partial charge < -0.3 is 19.7 Å². The van der Waals surface area contributed by atoms with E-state index in [0.717, 1.165) is 38.5 Å². The van der Waals surface area contributed by atoms with Crippen molar-refractivity contribution in [2.45, 2.75) is 19.6 Å². The minimum absolute atomic E-state index is 0.181. The zero-order valence-electron chi connectivity index (χ0n) is 11.9. The molecule has 0 saturated carbocycles. The first-order chi connectivity index (χ1) is 9.28. The molecular formula is C15H24N2O2. The number of ether oxygens (including phenoxy) is 2. The van der Waals surface area contributed by atoms with Gasteiger partial charge in [0, 0.05) is 19.6 Å². The summed E-state index contributed by atoms with van der Waals surface area (Å²) in [6.45, 7) is 7.38. The Morgan fingerprint density at radius 1 is 1.37 bits per heavy atom. The number of benzene rings is 1. The first-order valence-corrected chi connectivity index (χ1v) is 7.00. The molecule has 4 nitrogen and oxygen atoms in total. The van der Waals surface area contributed by atoms with Crippen molar-refractivity contribution in [3.8, 4) is 5.75 Å². The summed E-state index contributed by atoms with van der Waals surface area (Å²) in [4.78, 5) is 2.27. The van der Waals surface area contributed by atoms with Gasteiger partial charge in [0.2, 0.25) is 0 Å². The van der Waals surface area contributed by atoms with Crippen molar-refractivity contribution in [3.05, 3.63) is 29.8 Å². The molecule has 1 unspecified atom stereocenters. The Labute approximate surface area is 115 Å². The van der Waals surface area contributed by atoms with Crippen LogP contribution in [0.2, 0.25) is 0 Å². The molecule has 106 valence electrons. The smallest absolute Gasteiger partial charge is 0.119 e. The first kappa shape index (κ1) is 14.3. The predicted octanol–water partition coefficient (Wildman–Crippen LogP) is 1.51. The van der Waals surface area contributed by atoms with Gasteiger partial charge in [0.1, 0.15) is 18.5 Å². The SMILES string of the molecule is CCNCc1ccc(OCC2CN(C)CCO2)cc1. The van der Waals surface area contributed by atoms with E-state index in [1.54, 1.807) is 0 Å². The Morgan fingerprint density at radius 2 is 2.16 bits per heavy atom. The van der Waals surface area contributed by atoms with Gasteiger partial charge in [-0.05, 0) is 31.3 Å². The lowest BCUT2D eigenvalue weighted by Gasteiger charge is -2.29. The molecule has 1 aliphatic heterocycles.